The largest absolute Gasteiger partial charge is 0.393 e. The lowest BCUT2D eigenvalue weighted by Gasteiger charge is -2.59. The number of carbonyl (C=O) groups excluding carboxylic acids is 1. The molecule has 1 saturated heterocycles. The van der Waals surface area contributed by atoms with Crippen LogP contribution < -0.4 is 0 Å². The van der Waals surface area contributed by atoms with E-state index in [2.05, 4.69) is 46.2 Å². The Balaban J connectivity index is 1.65. The minimum atomic E-state index is -0.199. The molecule has 4 atom stereocenters. The Morgan fingerprint density at radius 2 is 1.86 bits per heavy atom. The van der Waals surface area contributed by atoms with E-state index in [0.717, 1.165) is 64.7 Å². The summed E-state index contributed by atoms with van der Waals surface area (Å²) in [6, 6.07) is 0. The summed E-state index contributed by atoms with van der Waals surface area (Å²) in [5.74, 6) is 1.18. The van der Waals surface area contributed by atoms with Crippen molar-refractivity contribution >= 4 is 5.91 Å². The van der Waals surface area contributed by atoms with Gasteiger partial charge in [-0.15, -0.1) is 0 Å². The molecule has 1 heterocycles. The van der Waals surface area contributed by atoms with Gasteiger partial charge in [-0.05, 0) is 75.2 Å². The van der Waals surface area contributed by atoms with Crippen molar-refractivity contribution in [3.05, 3.63) is 23.8 Å². The summed E-state index contributed by atoms with van der Waals surface area (Å²) in [6.07, 6.45) is 7.87. The van der Waals surface area contributed by atoms with Crippen molar-refractivity contribution in [2.24, 2.45) is 22.7 Å². The number of carbonyl (C=O) groups is 1. The number of aliphatic hydroxyl groups is 1. The van der Waals surface area contributed by atoms with E-state index < -0.39 is 0 Å². The Hall–Kier alpha value is -1.13. The summed E-state index contributed by atoms with van der Waals surface area (Å²) in [5.41, 5.74) is 2.74. The van der Waals surface area contributed by atoms with Gasteiger partial charge in [-0.25, -0.2) is 0 Å². The van der Waals surface area contributed by atoms with Crippen LogP contribution in [0.1, 0.15) is 66.2 Å². The average molecular weight is 403 g/mol. The second-order valence-electron chi connectivity index (χ2n) is 10.8. The van der Waals surface area contributed by atoms with Crippen molar-refractivity contribution in [2.45, 2.75) is 72.3 Å². The van der Waals surface area contributed by atoms with Gasteiger partial charge in [0.2, 0.25) is 5.91 Å². The summed E-state index contributed by atoms with van der Waals surface area (Å²) in [4.78, 5) is 16.9. The van der Waals surface area contributed by atoms with Crippen LogP contribution in [0.3, 0.4) is 0 Å². The molecule has 29 heavy (non-hydrogen) atoms. The Bertz CT molecular complexity index is 660. The maximum absolute atomic E-state index is 12.6. The van der Waals surface area contributed by atoms with E-state index >= 15 is 0 Å². The molecule has 0 bridgehead atoms. The van der Waals surface area contributed by atoms with E-state index in [1.54, 1.807) is 0 Å². The van der Waals surface area contributed by atoms with Gasteiger partial charge in [-0.3, -0.25) is 4.79 Å². The molecule has 164 valence electrons. The van der Waals surface area contributed by atoms with Gasteiger partial charge in [-0.2, -0.15) is 0 Å². The number of rotatable bonds is 4. The number of hydrogen-bond acceptors (Lipinski definition) is 3. The zero-order valence-electron chi connectivity index (χ0n) is 19.3. The minimum Gasteiger partial charge on any atom is -0.393 e. The van der Waals surface area contributed by atoms with Gasteiger partial charge in [0.25, 0.3) is 0 Å². The molecular formula is C25H42N2O2. The third-order valence-electron chi connectivity index (χ3n) is 8.56. The summed E-state index contributed by atoms with van der Waals surface area (Å²) in [5, 5.41) is 10.6. The molecule has 3 aliphatic rings. The van der Waals surface area contributed by atoms with Crippen LogP contribution in [0.25, 0.3) is 0 Å². The number of nitrogens with zero attached hydrogens (tertiary/aromatic N) is 2. The molecule has 0 aromatic carbocycles. The van der Waals surface area contributed by atoms with E-state index in [9.17, 15) is 9.90 Å². The Labute approximate surface area is 178 Å². The number of allylic oxidation sites excluding steroid dienone is 2. The highest BCUT2D eigenvalue weighted by Gasteiger charge is 2.55. The van der Waals surface area contributed by atoms with E-state index in [1.807, 2.05) is 11.0 Å². The molecule has 4 heteroatoms. The maximum Gasteiger partial charge on any atom is 0.246 e. The first-order valence-corrected chi connectivity index (χ1v) is 11.6. The van der Waals surface area contributed by atoms with Crippen LogP contribution in [-0.2, 0) is 4.79 Å². The average Bonchev–Trinajstić information content (AvgIpc) is 2.65. The number of fused-ring (bicyclic) bond motifs is 1. The zero-order chi connectivity index (χ0) is 21.4. The third kappa shape index (κ3) is 4.49. The highest BCUT2D eigenvalue weighted by atomic mass is 16.3. The molecule has 0 aromatic heterocycles. The highest BCUT2D eigenvalue weighted by Crippen LogP contribution is 2.61. The van der Waals surface area contributed by atoms with E-state index in [4.69, 9.17) is 0 Å². The molecular weight excluding hydrogens is 360 g/mol. The van der Waals surface area contributed by atoms with Crippen molar-refractivity contribution < 1.29 is 9.90 Å². The van der Waals surface area contributed by atoms with Crippen molar-refractivity contribution in [1.29, 1.82) is 0 Å². The quantitative estimate of drug-likeness (QED) is 0.564. The van der Waals surface area contributed by atoms with Gasteiger partial charge in [-0.1, -0.05) is 38.5 Å². The van der Waals surface area contributed by atoms with Crippen LogP contribution in [-0.4, -0.2) is 60.1 Å². The van der Waals surface area contributed by atoms with Crippen LogP contribution in [0.15, 0.2) is 23.8 Å². The highest BCUT2D eigenvalue weighted by molar-refractivity contribution is 5.88. The Morgan fingerprint density at radius 1 is 1.21 bits per heavy atom. The first-order chi connectivity index (χ1) is 13.6. The van der Waals surface area contributed by atoms with Crippen LogP contribution in [0.5, 0.6) is 0 Å². The van der Waals surface area contributed by atoms with E-state index in [-0.39, 0.29) is 22.8 Å². The molecule has 2 aliphatic carbocycles. The first-order valence-electron chi connectivity index (χ1n) is 11.6. The number of piperazine rings is 1. The molecule has 1 N–H and O–H groups in total. The predicted molar refractivity (Wildman–Crippen MR) is 120 cm³/mol. The SMILES string of the molecule is C=C1CC[C@@H]2C(C)(C)[C@H](O)CC[C@@]2(C)[C@@H]1CC/C(C)=C/C(=O)N1CCN(C)CC1. The molecule has 1 amide bonds. The summed E-state index contributed by atoms with van der Waals surface area (Å²) in [6.45, 7) is 17.1. The van der Waals surface area contributed by atoms with E-state index in [1.165, 1.54) is 11.1 Å². The standard InChI is InChI=1S/C25H42N2O2/c1-18(17-23(29)27-15-13-26(6)14-16-27)7-9-20-19(2)8-10-21-24(3,4)22(28)11-12-25(20,21)5/h17,20-22,28H,2,7-16H2,1,3-6H3/b18-17+/t20-,21-,22-,25+/m1/s1. The summed E-state index contributed by atoms with van der Waals surface area (Å²) < 4.78 is 0. The number of hydrogen-bond donors (Lipinski definition) is 1. The molecule has 3 rings (SSSR count). The molecule has 3 fully saturated rings. The van der Waals surface area contributed by atoms with Gasteiger partial charge in [0.15, 0.2) is 0 Å². The maximum atomic E-state index is 12.6. The fourth-order valence-corrected chi connectivity index (χ4v) is 6.47. The van der Waals surface area contributed by atoms with Crippen LogP contribution in [0, 0.1) is 22.7 Å². The van der Waals surface area contributed by atoms with Crippen molar-refractivity contribution in [2.75, 3.05) is 33.2 Å². The fourth-order valence-electron chi connectivity index (χ4n) is 6.47. The molecule has 2 saturated carbocycles. The van der Waals surface area contributed by atoms with Crippen LogP contribution in [0.2, 0.25) is 0 Å². The van der Waals surface area contributed by atoms with E-state index in [0.29, 0.717) is 11.8 Å². The summed E-state index contributed by atoms with van der Waals surface area (Å²) >= 11 is 0. The predicted octanol–water partition coefficient (Wildman–Crippen LogP) is 4.26. The number of amides is 1. The summed E-state index contributed by atoms with van der Waals surface area (Å²) in [7, 11) is 2.11. The molecule has 4 nitrogen and oxygen atoms in total. The van der Waals surface area contributed by atoms with Crippen molar-refractivity contribution in [3.8, 4) is 0 Å². The van der Waals surface area contributed by atoms with Crippen molar-refractivity contribution in [3.63, 3.8) is 0 Å². The van der Waals surface area contributed by atoms with Gasteiger partial charge >= 0.3 is 0 Å². The lowest BCUT2D eigenvalue weighted by Crippen LogP contribution is -2.54. The van der Waals surface area contributed by atoms with Gasteiger partial charge in [0, 0.05) is 32.3 Å². The fraction of sp³-hybridized carbons (Fsp3) is 0.800. The Kier molecular flexibility index (Phi) is 6.65. The van der Waals surface area contributed by atoms with Gasteiger partial charge in [0.05, 0.1) is 6.10 Å². The van der Waals surface area contributed by atoms with Crippen LogP contribution >= 0.6 is 0 Å². The second-order valence-corrected chi connectivity index (χ2v) is 10.8. The molecule has 1 aliphatic heterocycles. The third-order valence-corrected chi connectivity index (χ3v) is 8.56. The lowest BCUT2D eigenvalue weighted by atomic mass is 9.46. The van der Waals surface area contributed by atoms with Crippen LogP contribution in [0.4, 0.5) is 0 Å². The molecule has 0 spiro atoms. The normalized spacial score (nSPS) is 36.1. The topological polar surface area (TPSA) is 43.8 Å². The number of likely N-dealkylation sites (N-methyl/N-ethyl adjacent to an activating group) is 1. The van der Waals surface area contributed by atoms with Crippen molar-refractivity contribution in [1.82, 2.24) is 9.80 Å². The number of aliphatic hydroxyl groups excluding tert-OH is 1. The Morgan fingerprint density at radius 3 is 2.52 bits per heavy atom. The second kappa shape index (κ2) is 8.55. The van der Waals surface area contributed by atoms with Gasteiger partial charge < -0.3 is 14.9 Å². The van der Waals surface area contributed by atoms with Gasteiger partial charge in [0.1, 0.15) is 0 Å². The minimum absolute atomic E-state index is 0.0335. The smallest absolute Gasteiger partial charge is 0.246 e. The molecule has 0 radical (unpaired) electrons. The molecule has 0 aromatic rings. The monoisotopic (exact) mass is 402 g/mol. The zero-order valence-corrected chi connectivity index (χ0v) is 19.3. The lowest BCUT2D eigenvalue weighted by molar-refractivity contribution is -0.127. The first kappa shape index (κ1) is 22.6. The molecule has 0 unspecified atom stereocenters.